The van der Waals surface area contributed by atoms with Crippen molar-refractivity contribution in [1.29, 1.82) is 0 Å². The van der Waals surface area contributed by atoms with E-state index in [1.807, 2.05) is 0 Å². The number of benzene rings is 1. The van der Waals surface area contributed by atoms with Gasteiger partial charge in [-0.05, 0) is 63.3 Å². The quantitative estimate of drug-likeness (QED) is 0.538. The van der Waals surface area contributed by atoms with E-state index in [0.717, 1.165) is 51.6 Å². The van der Waals surface area contributed by atoms with Crippen LogP contribution in [0.15, 0.2) is 34.0 Å². The molecule has 2 aromatic rings. The van der Waals surface area contributed by atoms with E-state index < -0.39 is 10.0 Å². The van der Waals surface area contributed by atoms with Crippen LogP contribution in [0, 0.1) is 0 Å². The van der Waals surface area contributed by atoms with Gasteiger partial charge >= 0.3 is 0 Å². The predicted molar refractivity (Wildman–Crippen MR) is 138 cm³/mol. The van der Waals surface area contributed by atoms with Crippen LogP contribution in [0.5, 0.6) is 0 Å². The summed E-state index contributed by atoms with van der Waals surface area (Å²) in [5.74, 6) is -0.351. The summed E-state index contributed by atoms with van der Waals surface area (Å²) in [6.07, 6.45) is 9.50. The average molecular weight is 503 g/mol. The van der Waals surface area contributed by atoms with Crippen LogP contribution in [0.4, 0.5) is 0 Å². The van der Waals surface area contributed by atoms with Crippen LogP contribution < -0.4 is 10.9 Å². The normalized spacial score (nSPS) is 20.5. The molecule has 2 saturated heterocycles. The van der Waals surface area contributed by atoms with Crippen LogP contribution in [0.3, 0.4) is 0 Å². The Balaban J connectivity index is 1.49. The number of carbonyl (C=O) groups is 1. The highest BCUT2D eigenvalue weighted by Gasteiger charge is 2.26. The molecule has 2 aliphatic rings. The summed E-state index contributed by atoms with van der Waals surface area (Å²) in [7, 11) is -3.67. The Morgan fingerprint density at radius 1 is 1.06 bits per heavy atom. The lowest BCUT2D eigenvalue weighted by Crippen LogP contribution is -2.40. The largest absolute Gasteiger partial charge is 0.352 e. The standard InChI is InChI=1S/C26H38N4O4S/c1-2-20-10-5-8-14-29(20)15-9-13-27-26(32)23-19-25(31)28-24-12-11-21(18-22(23)24)35(33,34)30-16-6-3-4-7-17-30/h11-12,18-20H,2-10,13-17H2,1H3,(H,27,32)(H,28,31)/t20-/m1/s1. The number of piperidine rings is 1. The number of aromatic amines is 1. The molecule has 1 aromatic heterocycles. The molecule has 192 valence electrons. The van der Waals surface area contributed by atoms with Crippen LogP contribution in [-0.4, -0.2) is 67.3 Å². The fraction of sp³-hybridized carbons (Fsp3) is 0.615. The lowest BCUT2D eigenvalue weighted by Gasteiger charge is -2.35. The third-order valence-electron chi connectivity index (χ3n) is 7.39. The van der Waals surface area contributed by atoms with Gasteiger partial charge in [-0.25, -0.2) is 8.42 Å². The van der Waals surface area contributed by atoms with E-state index in [2.05, 4.69) is 22.1 Å². The number of pyridine rings is 1. The van der Waals surface area contributed by atoms with Gasteiger partial charge in [-0.3, -0.25) is 9.59 Å². The first-order valence-corrected chi connectivity index (χ1v) is 14.5. The van der Waals surface area contributed by atoms with Crippen molar-refractivity contribution in [3.05, 3.63) is 40.2 Å². The summed E-state index contributed by atoms with van der Waals surface area (Å²) in [6, 6.07) is 6.51. The number of amides is 1. The fourth-order valence-corrected chi connectivity index (χ4v) is 6.95. The second kappa shape index (κ2) is 11.7. The Bertz CT molecular complexity index is 1190. The second-order valence-corrected chi connectivity index (χ2v) is 11.7. The summed E-state index contributed by atoms with van der Waals surface area (Å²) in [6.45, 7) is 5.80. The number of rotatable bonds is 8. The summed E-state index contributed by atoms with van der Waals surface area (Å²) >= 11 is 0. The number of carbonyl (C=O) groups excluding carboxylic acids is 1. The molecule has 0 unspecified atom stereocenters. The van der Waals surface area contributed by atoms with Crippen molar-refractivity contribution in [1.82, 2.24) is 19.5 Å². The maximum atomic E-state index is 13.3. The third-order valence-corrected chi connectivity index (χ3v) is 9.28. The molecule has 0 saturated carbocycles. The highest BCUT2D eigenvalue weighted by molar-refractivity contribution is 7.89. The number of aromatic nitrogens is 1. The van der Waals surface area contributed by atoms with E-state index in [4.69, 9.17) is 0 Å². The van der Waals surface area contributed by atoms with Crippen LogP contribution in [0.25, 0.3) is 10.9 Å². The maximum absolute atomic E-state index is 13.3. The smallest absolute Gasteiger partial charge is 0.252 e. The zero-order valence-electron chi connectivity index (χ0n) is 20.7. The first kappa shape index (κ1) is 25.9. The van der Waals surface area contributed by atoms with Crippen molar-refractivity contribution < 1.29 is 13.2 Å². The van der Waals surface area contributed by atoms with E-state index in [0.29, 0.717) is 36.6 Å². The molecule has 0 radical (unpaired) electrons. The fourth-order valence-electron chi connectivity index (χ4n) is 5.41. The summed E-state index contributed by atoms with van der Waals surface area (Å²) < 4.78 is 28.1. The van der Waals surface area contributed by atoms with Crippen molar-refractivity contribution in [2.75, 3.05) is 32.7 Å². The monoisotopic (exact) mass is 502 g/mol. The molecular formula is C26H38N4O4S. The topological polar surface area (TPSA) is 103 Å². The number of sulfonamides is 1. The van der Waals surface area contributed by atoms with E-state index in [-0.39, 0.29) is 21.9 Å². The lowest BCUT2D eigenvalue weighted by atomic mass is 10.00. The van der Waals surface area contributed by atoms with Crippen molar-refractivity contribution in [2.24, 2.45) is 0 Å². The number of nitrogens with one attached hydrogen (secondary N) is 2. The Hall–Kier alpha value is -2.23. The van der Waals surface area contributed by atoms with Crippen LogP contribution >= 0.6 is 0 Å². The van der Waals surface area contributed by atoms with Gasteiger partial charge in [0.15, 0.2) is 0 Å². The minimum atomic E-state index is -3.67. The van der Waals surface area contributed by atoms with Crippen molar-refractivity contribution in [3.63, 3.8) is 0 Å². The van der Waals surface area contributed by atoms with Gasteiger partial charge in [0.05, 0.1) is 10.5 Å². The molecule has 9 heteroatoms. The number of H-pyrrole nitrogens is 1. The van der Waals surface area contributed by atoms with Gasteiger partial charge in [0.1, 0.15) is 0 Å². The zero-order valence-corrected chi connectivity index (χ0v) is 21.5. The van der Waals surface area contributed by atoms with Crippen molar-refractivity contribution >= 4 is 26.8 Å². The van der Waals surface area contributed by atoms with E-state index >= 15 is 0 Å². The molecule has 1 amide bonds. The number of hydrogen-bond acceptors (Lipinski definition) is 5. The SMILES string of the molecule is CC[C@@H]1CCCCN1CCCNC(=O)c1cc(=O)[nH]c2ccc(S(=O)(=O)N3CCCCCC3)cc12. The molecule has 0 bridgehead atoms. The van der Waals surface area contributed by atoms with Crippen LogP contribution in [0.1, 0.15) is 75.1 Å². The highest BCUT2D eigenvalue weighted by Crippen LogP contribution is 2.25. The van der Waals surface area contributed by atoms with Crippen molar-refractivity contribution in [3.8, 4) is 0 Å². The molecule has 2 fully saturated rings. The molecular weight excluding hydrogens is 464 g/mol. The Labute approximate surface area is 208 Å². The van der Waals surface area contributed by atoms with E-state index in [1.165, 1.54) is 41.8 Å². The van der Waals surface area contributed by atoms with Crippen LogP contribution in [0.2, 0.25) is 0 Å². The number of hydrogen-bond donors (Lipinski definition) is 2. The zero-order chi connectivity index (χ0) is 24.8. The number of likely N-dealkylation sites (tertiary alicyclic amines) is 1. The summed E-state index contributed by atoms with van der Waals surface area (Å²) in [4.78, 5) is 30.7. The lowest BCUT2D eigenvalue weighted by molar-refractivity contribution is 0.0948. The second-order valence-electron chi connectivity index (χ2n) is 9.78. The van der Waals surface area contributed by atoms with Gasteiger partial charge in [-0.15, -0.1) is 0 Å². The first-order valence-electron chi connectivity index (χ1n) is 13.1. The minimum absolute atomic E-state index is 0.156. The van der Waals surface area contributed by atoms with Gasteiger partial charge < -0.3 is 15.2 Å². The van der Waals surface area contributed by atoms with Gasteiger partial charge in [-0.2, -0.15) is 4.31 Å². The Morgan fingerprint density at radius 3 is 2.54 bits per heavy atom. The molecule has 8 nitrogen and oxygen atoms in total. The summed E-state index contributed by atoms with van der Waals surface area (Å²) in [5.41, 5.74) is 0.280. The summed E-state index contributed by atoms with van der Waals surface area (Å²) in [5, 5.41) is 3.39. The minimum Gasteiger partial charge on any atom is -0.352 e. The van der Waals surface area contributed by atoms with Crippen LogP contribution in [-0.2, 0) is 10.0 Å². The van der Waals surface area contributed by atoms with Crippen molar-refractivity contribution in [2.45, 2.75) is 75.6 Å². The number of fused-ring (bicyclic) bond motifs is 1. The van der Waals surface area contributed by atoms with E-state index in [9.17, 15) is 18.0 Å². The molecule has 0 aliphatic carbocycles. The molecule has 0 spiro atoms. The number of nitrogens with zero attached hydrogens (tertiary/aromatic N) is 2. The first-order chi connectivity index (χ1) is 16.9. The highest BCUT2D eigenvalue weighted by atomic mass is 32.2. The molecule has 3 heterocycles. The van der Waals surface area contributed by atoms with Gasteiger partial charge in [-0.1, -0.05) is 26.2 Å². The third kappa shape index (κ3) is 6.13. The molecule has 2 aliphatic heterocycles. The predicted octanol–water partition coefficient (Wildman–Crippen LogP) is 3.48. The molecule has 2 N–H and O–H groups in total. The maximum Gasteiger partial charge on any atom is 0.252 e. The van der Waals surface area contributed by atoms with Gasteiger partial charge in [0.25, 0.3) is 5.91 Å². The Kier molecular flexibility index (Phi) is 8.62. The average Bonchev–Trinajstić information content (AvgIpc) is 3.16. The van der Waals surface area contributed by atoms with Gasteiger partial charge in [0, 0.05) is 49.2 Å². The molecule has 1 atom stereocenters. The molecule has 4 rings (SSSR count). The van der Waals surface area contributed by atoms with Gasteiger partial charge in [0.2, 0.25) is 15.6 Å². The van der Waals surface area contributed by atoms with E-state index in [1.54, 1.807) is 6.07 Å². The Morgan fingerprint density at radius 2 is 1.80 bits per heavy atom. The molecule has 1 aromatic carbocycles. The molecule has 35 heavy (non-hydrogen) atoms.